The summed E-state index contributed by atoms with van der Waals surface area (Å²) < 4.78 is 37.1. The first-order valence-corrected chi connectivity index (χ1v) is 4.85. The smallest absolute Gasteiger partial charge is 0.370 e. The van der Waals surface area contributed by atoms with E-state index in [1.165, 1.54) is 0 Å². The van der Waals surface area contributed by atoms with Crippen LogP contribution in [0.1, 0.15) is 30.7 Å². The first-order chi connectivity index (χ1) is 7.39. The molecule has 7 heteroatoms. The standard InChI is InChI=1S/C9H10F3N3O/c1-4-2-3-13-6-5(4)7(16)15-8(14-6)9(10,11)12/h4H,2-3H2,1H3,(H2,13,14,15,16)/t4-/m0/s1. The number of anilines is 1. The highest BCUT2D eigenvalue weighted by molar-refractivity contribution is 5.47. The van der Waals surface area contributed by atoms with Crippen molar-refractivity contribution >= 4 is 5.82 Å². The van der Waals surface area contributed by atoms with Crippen molar-refractivity contribution < 1.29 is 13.2 Å². The van der Waals surface area contributed by atoms with Crippen LogP contribution in [0.2, 0.25) is 0 Å². The van der Waals surface area contributed by atoms with Crippen molar-refractivity contribution in [3.63, 3.8) is 0 Å². The summed E-state index contributed by atoms with van der Waals surface area (Å²) in [5, 5.41) is 2.72. The molecule has 1 aliphatic heterocycles. The summed E-state index contributed by atoms with van der Waals surface area (Å²) in [7, 11) is 0. The molecule has 1 atom stereocenters. The molecule has 0 aromatic carbocycles. The quantitative estimate of drug-likeness (QED) is 0.717. The molecule has 0 aliphatic carbocycles. The molecular formula is C9H10F3N3O. The van der Waals surface area contributed by atoms with Gasteiger partial charge in [0.05, 0.1) is 5.56 Å². The molecule has 0 saturated carbocycles. The monoisotopic (exact) mass is 233 g/mol. The van der Waals surface area contributed by atoms with Crippen molar-refractivity contribution in [1.82, 2.24) is 9.97 Å². The Balaban J connectivity index is 2.59. The van der Waals surface area contributed by atoms with Gasteiger partial charge in [0.1, 0.15) is 5.82 Å². The normalized spacial score (nSPS) is 20.1. The fraction of sp³-hybridized carbons (Fsp3) is 0.556. The van der Waals surface area contributed by atoms with Gasteiger partial charge in [-0.1, -0.05) is 6.92 Å². The van der Waals surface area contributed by atoms with E-state index in [0.29, 0.717) is 18.5 Å². The fourth-order valence-electron chi connectivity index (χ4n) is 1.76. The maximum absolute atomic E-state index is 12.4. The van der Waals surface area contributed by atoms with E-state index >= 15 is 0 Å². The predicted molar refractivity (Wildman–Crippen MR) is 51.4 cm³/mol. The summed E-state index contributed by atoms with van der Waals surface area (Å²) in [5.41, 5.74) is -0.406. The number of halogens is 3. The molecule has 0 radical (unpaired) electrons. The molecule has 1 aliphatic rings. The zero-order valence-electron chi connectivity index (χ0n) is 8.48. The van der Waals surface area contributed by atoms with Gasteiger partial charge < -0.3 is 10.3 Å². The minimum atomic E-state index is -4.63. The number of nitrogens with one attached hydrogen (secondary N) is 2. The second-order valence-corrected chi connectivity index (χ2v) is 3.79. The van der Waals surface area contributed by atoms with E-state index in [1.54, 1.807) is 11.9 Å². The zero-order chi connectivity index (χ0) is 11.9. The van der Waals surface area contributed by atoms with Crippen molar-refractivity contribution in [2.75, 3.05) is 11.9 Å². The average Bonchev–Trinajstić information content (AvgIpc) is 2.15. The number of aromatic amines is 1. The van der Waals surface area contributed by atoms with Gasteiger partial charge in [-0.05, 0) is 12.3 Å². The fourth-order valence-corrected chi connectivity index (χ4v) is 1.76. The Morgan fingerprint density at radius 1 is 1.44 bits per heavy atom. The van der Waals surface area contributed by atoms with E-state index in [1.807, 2.05) is 0 Å². The van der Waals surface area contributed by atoms with Crippen LogP contribution in [0.25, 0.3) is 0 Å². The first-order valence-electron chi connectivity index (χ1n) is 4.85. The second-order valence-electron chi connectivity index (χ2n) is 3.79. The molecule has 4 nitrogen and oxygen atoms in total. The number of H-pyrrole nitrogens is 1. The highest BCUT2D eigenvalue weighted by Gasteiger charge is 2.36. The van der Waals surface area contributed by atoms with Gasteiger partial charge in [0, 0.05) is 6.54 Å². The summed E-state index contributed by atoms with van der Waals surface area (Å²) in [6.45, 7) is 2.33. The van der Waals surface area contributed by atoms with Crippen LogP contribution in [0.4, 0.5) is 19.0 Å². The van der Waals surface area contributed by atoms with Gasteiger partial charge in [0.25, 0.3) is 5.56 Å². The molecule has 16 heavy (non-hydrogen) atoms. The van der Waals surface area contributed by atoms with Crippen LogP contribution in [0.3, 0.4) is 0 Å². The third-order valence-corrected chi connectivity index (χ3v) is 2.59. The number of hydrogen-bond donors (Lipinski definition) is 2. The van der Waals surface area contributed by atoms with Gasteiger partial charge >= 0.3 is 6.18 Å². The number of alkyl halides is 3. The number of aromatic nitrogens is 2. The number of hydrogen-bond acceptors (Lipinski definition) is 3. The molecule has 0 bridgehead atoms. The van der Waals surface area contributed by atoms with E-state index in [4.69, 9.17) is 0 Å². The molecule has 0 unspecified atom stereocenters. The van der Waals surface area contributed by atoms with Gasteiger partial charge in [0.15, 0.2) is 0 Å². The lowest BCUT2D eigenvalue weighted by Gasteiger charge is -2.22. The van der Waals surface area contributed by atoms with Gasteiger partial charge in [-0.15, -0.1) is 0 Å². The number of nitrogens with zero attached hydrogens (tertiary/aromatic N) is 1. The highest BCUT2D eigenvalue weighted by Crippen LogP contribution is 2.30. The molecule has 0 fully saturated rings. The van der Waals surface area contributed by atoms with Gasteiger partial charge in [-0.25, -0.2) is 4.98 Å². The van der Waals surface area contributed by atoms with Crippen molar-refractivity contribution in [2.24, 2.45) is 0 Å². The Morgan fingerprint density at radius 2 is 2.12 bits per heavy atom. The Labute approximate surface area is 88.9 Å². The molecule has 1 aromatic heterocycles. The van der Waals surface area contributed by atoms with Crippen LogP contribution < -0.4 is 10.9 Å². The van der Waals surface area contributed by atoms with E-state index in [-0.39, 0.29) is 11.7 Å². The van der Waals surface area contributed by atoms with E-state index in [2.05, 4.69) is 10.3 Å². The largest absolute Gasteiger partial charge is 0.449 e. The summed E-state index contributed by atoms with van der Waals surface area (Å²) in [4.78, 5) is 16.7. The molecular weight excluding hydrogens is 223 g/mol. The predicted octanol–water partition coefficient (Wildman–Crippen LogP) is 1.71. The third-order valence-electron chi connectivity index (χ3n) is 2.59. The van der Waals surface area contributed by atoms with Gasteiger partial charge in [0.2, 0.25) is 5.82 Å². The van der Waals surface area contributed by atoms with Crippen molar-refractivity contribution in [1.29, 1.82) is 0 Å². The second kappa shape index (κ2) is 3.50. The van der Waals surface area contributed by atoms with Gasteiger partial charge in [-0.2, -0.15) is 13.2 Å². The van der Waals surface area contributed by atoms with Crippen LogP contribution in [-0.2, 0) is 6.18 Å². The Morgan fingerprint density at radius 3 is 2.75 bits per heavy atom. The average molecular weight is 233 g/mol. The number of fused-ring (bicyclic) bond motifs is 1. The lowest BCUT2D eigenvalue weighted by atomic mass is 9.96. The zero-order valence-corrected chi connectivity index (χ0v) is 8.48. The van der Waals surface area contributed by atoms with Crippen LogP contribution in [0.5, 0.6) is 0 Å². The Kier molecular flexibility index (Phi) is 2.40. The molecule has 1 aromatic rings. The highest BCUT2D eigenvalue weighted by atomic mass is 19.4. The third kappa shape index (κ3) is 1.77. The molecule has 0 spiro atoms. The lowest BCUT2D eigenvalue weighted by Crippen LogP contribution is -2.29. The maximum atomic E-state index is 12.4. The SMILES string of the molecule is C[C@H]1CCNc2nc(C(F)(F)F)[nH]c(=O)c21. The maximum Gasteiger partial charge on any atom is 0.449 e. The first kappa shape index (κ1) is 11.0. The molecule has 2 rings (SSSR count). The summed E-state index contributed by atoms with van der Waals surface area (Å²) in [6.07, 6.45) is -3.92. The van der Waals surface area contributed by atoms with Crippen LogP contribution in [0.15, 0.2) is 4.79 Å². The minimum absolute atomic E-state index is 0.0508. The van der Waals surface area contributed by atoms with Crippen molar-refractivity contribution in [2.45, 2.75) is 25.4 Å². The lowest BCUT2D eigenvalue weighted by molar-refractivity contribution is -0.145. The van der Waals surface area contributed by atoms with E-state index in [0.717, 1.165) is 0 Å². The van der Waals surface area contributed by atoms with Crippen LogP contribution in [0, 0.1) is 0 Å². The van der Waals surface area contributed by atoms with Gasteiger partial charge in [-0.3, -0.25) is 4.79 Å². The Hall–Kier alpha value is -1.53. The van der Waals surface area contributed by atoms with E-state index < -0.39 is 17.6 Å². The summed E-state index contributed by atoms with van der Waals surface area (Å²) >= 11 is 0. The number of rotatable bonds is 0. The topological polar surface area (TPSA) is 57.8 Å². The molecule has 0 amide bonds. The molecule has 0 saturated heterocycles. The summed E-state index contributed by atoms with van der Waals surface area (Å²) in [5.74, 6) is -1.28. The van der Waals surface area contributed by atoms with Crippen molar-refractivity contribution in [3.8, 4) is 0 Å². The molecule has 2 N–H and O–H groups in total. The van der Waals surface area contributed by atoms with Crippen molar-refractivity contribution in [3.05, 3.63) is 21.7 Å². The Bertz CT molecular complexity index is 466. The molecule has 88 valence electrons. The summed E-state index contributed by atoms with van der Waals surface area (Å²) in [6, 6.07) is 0. The van der Waals surface area contributed by atoms with Crippen LogP contribution in [-0.4, -0.2) is 16.5 Å². The van der Waals surface area contributed by atoms with Crippen LogP contribution >= 0.6 is 0 Å². The minimum Gasteiger partial charge on any atom is -0.370 e. The van der Waals surface area contributed by atoms with E-state index in [9.17, 15) is 18.0 Å². The molecule has 2 heterocycles.